The molecule has 1 aliphatic rings. The highest BCUT2D eigenvalue weighted by molar-refractivity contribution is 8.18. The number of benzene rings is 2. The van der Waals surface area contributed by atoms with Crippen LogP contribution in [0, 0.1) is 6.92 Å². The van der Waals surface area contributed by atoms with Gasteiger partial charge in [0.1, 0.15) is 0 Å². The van der Waals surface area contributed by atoms with Crippen molar-refractivity contribution >= 4 is 46.2 Å². The van der Waals surface area contributed by atoms with Crippen LogP contribution in [0.15, 0.2) is 46.3 Å². The van der Waals surface area contributed by atoms with E-state index in [1.165, 1.54) is 18.9 Å². The van der Waals surface area contributed by atoms with Gasteiger partial charge in [0.05, 0.1) is 22.7 Å². The van der Waals surface area contributed by atoms with Crippen LogP contribution >= 0.6 is 23.4 Å². The molecular formula is C21H21ClN2O3S. The molecule has 28 heavy (non-hydrogen) atoms. The summed E-state index contributed by atoms with van der Waals surface area (Å²) in [5.74, 6) is 0.0422. The number of aromatic hydroxyl groups is 1. The van der Waals surface area contributed by atoms with Gasteiger partial charge in [-0.15, -0.1) is 0 Å². The number of halogens is 1. The second-order valence-corrected chi connectivity index (χ2v) is 7.77. The van der Waals surface area contributed by atoms with Crippen molar-refractivity contribution < 1.29 is 14.6 Å². The number of carbonyl (C=O) groups excluding carboxylic acids is 1. The zero-order chi connectivity index (χ0) is 20.3. The normalized spacial score (nSPS) is 17.0. The number of nitrogens with zero attached hydrogens (tertiary/aromatic N) is 2. The lowest BCUT2D eigenvalue weighted by Crippen LogP contribution is -2.29. The standard InChI is InChI=1S/C21H21ClN2O3S/c1-4-9-24-20(26)18(12-14-10-16(22)19(25)17(11-14)27-3)28-21(24)23-15-7-5-13(2)6-8-15/h5-8,10-12,25H,4,9H2,1-3H3/b18-12+,23-21?. The van der Waals surface area contributed by atoms with Gasteiger partial charge in [0, 0.05) is 6.54 Å². The summed E-state index contributed by atoms with van der Waals surface area (Å²) in [5.41, 5.74) is 2.63. The number of amides is 1. The predicted octanol–water partition coefficient (Wildman–Crippen LogP) is 5.38. The summed E-state index contributed by atoms with van der Waals surface area (Å²) in [6.45, 7) is 4.63. The van der Waals surface area contributed by atoms with Crippen molar-refractivity contribution in [2.75, 3.05) is 13.7 Å². The van der Waals surface area contributed by atoms with Crippen molar-refractivity contribution in [1.82, 2.24) is 4.90 Å². The minimum atomic E-state index is -0.119. The van der Waals surface area contributed by atoms with E-state index >= 15 is 0 Å². The predicted molar refractivity (Wildman–Crippen MR) is 116 cm³/mol. The zero-order valence-corrected chi connectivity index (χ0v) is 17.5. The van der Waals surface area contributed by atoms with Crippen molar-refractivity contribution in [3.05, 3.63) is 57.5 Å². The van der Waals surface area contributed by atoms with E-state index in [0.29, 0.717) is 22.2 Å². The molecule has 5 nitrogen and oxygen atoms in total. The first-order valence-corrected chi connectivity index (χ1v) is 10.1. The Labute approximate surface area is 173 Å². The first kappa shape index (κ1) is 20.3. The molecule has 0 bridgehead atoms. The Kier molecular flexibility index (Phi) is 6.31. The highest BCUT2D eigenvalue weighted by atomic mass is 35.5. The van der Waals surface area contributed by atoms with Gasteiger partial charge in [-0.2, -0.15) is 0 Å². The molecule has 2 aromatic rings. The second-order valence-electron chi connectivity index (χ2n) is 6.35. The number of methoxy groups -OCH3 is 1. The van der Waals surface area contributed by atoms with E-state index in [4.69, 9.17) is 16.3 Å². The van der Waals surface area contributed by atoms with E-state index in [1.807, 2.05) is 38.1 Å². The van der Waals surface area contributed by atoms with Crippen molar-refractivity contribution in [2.45, 2.75) is 20.3 Å². The Morgan fingerprint density at radius 2 is 2.00 bits per heavy atom. The maximum Gasteiger partial charge on any atom is 0.266 e. The van der Waals surface area contributed by atoms with Gasteiger partial charge in [0.25, 0.3) is 5.91 Å². The molecule has 3 rings (SSSR count). The number of aliphatic imine (C=N–C) groups is 1. The number of ether oxygens (including phenoxy) is 1. The van der Waals surface area contributed by atoms with E-state index in [-0.39, 0.29) is 22.4 Å². The van der Waals surface area contributed by atoms with Crippen LogP contribution in [-0.2, 0) is 4.79 Å². The molecule has 1 fully saturated rings. The van der Waals surface area contributed by atoms with E-state index in [2.05, 4.69) is 4.99 Å². The molecule has 146 valence electrons. The lowest BCUT2D eigenvalue weighted by molar-refractivity contribution is -0.122. The molecule has 0 aromatic heterocycles. The number of aryl methyl sites for hydroxylation is 1. The lowest BCUT2D eigenvalue weighted by Gasteiger charge is -2.14. The fourth-order valence-electron chi connectivity index (χ4n) is 2.73. The maximum atomic E-state index is 12.9. The number of carbonyl (C=O) groups is 1. The van der Waals surface area contributed by atoms with E-state index < -0.39 is 0 Å². The molecule has 1 N–H and O–H groups in total. The monoisotopic (exact) mass is 416 g/mol. The van der Waals surface area contributed by atoms with E-state index in [9.17, 15) is 9.90 Å². The number of thioether (sulfide) groups is 1. The summed E-state index contributed by atoms with van der Waals surface area (Å²) in [6.07, 6.45) is 2.56. The Bertz CT molecular complexity index is 955. The highest BCUT2D eigenvalue weighted by Crippen LogP contribution is 2.38. The van der Waals surface area contributed by atoms with Crippen molar-refractivity contribution in [2.24, 2.45) is 4.99 Å². The number of amidine groups is 1. The quantitative estimate of drug-likeness (QED) is 0.665. The van der Waals surface area contributed by atoms with Crippen LogP contribution in [0.25, 0.3) is 6.08 Å². The van der Waals surface area contributed by atoms with Gasteiger partial charge in [-0.25, -0.2) is 4.99 Å². The molecule has 1 amide bonds. The average molecular weight is 417 g/mol. The van der Waals surface area contributed by atoms with Crippen LogP contribution in [0.3, 0.4) is 0 Å². The van der Waals surface area contributed by atoms with Gasteiger partial charge in [-0.05, 0) is 61.0 Å². The molecule has 0 radical (unpaired) electrons. The largest absolute Gasteiger partial charge is 0.503 e. The van der Waals surface area contributed by atoms with Crippen molar-refractivity contribution in [1.29, 1.82) is 0 Å². The molecule has 0 aliphatic carbocycles. The Morgan fingerprint density at radius 1 is 1.29 bits per heavy atom. The molecule has 1 heterocycles. The Balaban J connectivity index is 1.97. The summed E-state index contributed by atoms with van der Waals surface area (Å²) in [4.78, 5) is 19.8. The molecule has 1 saturated heterocycles. The number of phenols is 1. The summed E-state index contributed by atoms with van der Waals surface area (Å²) in [5, 5.41) is 10.7. The van der Waals surface area contributed by atoms with Crippen LogP contribution < -0.4 is 4.74 Å². The van der Waals surface area contributed by atoms with Gasteiger partial charge in [-0.3, -0.25) is 9.69 Å². The number of hydrogen-bond donors (Lipinski definition) is 1. The van der Waals surface area contributed by atoms with Gasteiger partial charge in [0.15, 0.2) is 16.7 Å². The number of phenolic OH excluding ortho intramolecular Hbond substituents is 1. The molecule has 0 saturated carbocycles. The van der Waals surface area contributed by atoms with Crippen molar-refractivity contribution in [3.63, 3.8) is 0 Å². The molecular weight excluding hydrogens is 396 g/mol. The minimum Gasteiger partial charge on any atom is -0.503 e. The van der Waals surface area contributed by atoms with Crippen LogP contribution in [0.5, 0.6) is 11.5 Å². The summed E-state index contributed by atoms with van der Waals surface area (Å²) in [6, 6.07) is 11.1. The number of hydrogen-bond acceptors (Lipinski definition) is 5. The molecule has 7 heteroatoms. The van der Waals surface area contributed by atoms with E-state index in [0.717, 1.165) is 17.7 Å². The molecule has 2 aromatic carbocycles. The first-order chi connectivity index (χ1) is 13.4. The molecule has 0 unspecified atom stereocenters. The molecule has 0 atom stereocenters. The summed E-state index contributed by atoms with van der Waals surface area (Å²) < 4.78 is 5.14. The maximum absolute atomic E-state index is 12.9. The Hall–Kier alpha value is -2.44. The van der Waals surface area contributed by atoms with Gasteiger partial charge < -0.3 is 9.84 Å². The van der Waals surface area contributed by atoms with Crippen molar-refractivity contribution in [3.8, 4) is 11.5 Å². The van der Waals surface area contributed by atoms with Crippen LogP contribution in [0.2, 0.25) is 5.02 Å². The van der Waals surface area contributed by atoms with Gasteiger partial charge >= 0.3 is 0 Å². The fraction of sp³-hybridized carbons (Fsp3) is 0.238. The van der Waals surface area contributed by atoms with Crippen LogP contribution in [0.1, 0.15) is 24.5 Å². The lowest BCUT2D eigenvalue weighted by atomic mass is 10.2. The van der Waals surface area contributed by atoms with Gasteiger partial charge in [-0.1, -0.05) is 36.2 Å². The van der Waals surface area contributed by atoms with Crippen LogP contribution in [-0.4, -0.2) is 34.7 Å². The molecule has 0 spiro atoms. The third-order valence-corrected chi connectivity index (χ3v) is 5.46. The fourth-order valence-corrected chi connectivity index (χ4v) is 3.97. The number of rotatable bonds is 5. The van der Waals surface area contributed by atoms with Gasteiger partial charge in [0.2, 0.25) is 0 Å². The van der Waals surface area contributed by atoms with Crippen LogP contribution in [0.4, 0.5) is 5.69 Å². The third kappa shape index (κ3) is 4.34. The summed E-state index contributed by atoms with van der Waals surface area (Å²) in [7, 11) is 1.45. The molecule has 1 aliphatic heterocycles. The summed E-state index contributed by atoms with van der Waals surface area (Å²) >= 11 is 7.39. The van der Waals surface area contributed by atoms with E-state index in [1.54, 1.807) is 23.1 Å². The minimum absolute atomic E-state index is 0.0964. The smallest absolute Gasteiger partial charge is 0.266 e. The SMILES string of the molecule is CCCN1C(=O)/C(=C\c2cc(Cl)c(O)c(OC)c2)SC1=Nc1ccc(C)cc1. The second kappa shape index (κ2) is 8.71. The zero-order valence-electron chi connectivity index (χ0n) is 15.9. The topological polar surface area (TPSA) is 62.1 Å². The third-order valence-electron chi connectivity index (χ3n) is 4.16. The first-order valence-electron chi connectivity index (χ1n) is 8.86. The average Bonchev–Trinajstić information content (AvgIpc) is 2.95. The highest BCUT2D eigenvalue weighted by Gasteiger charge is 2.32. The Morgan fingerprint density at radius 3 is 2.64 bits per heavy atom.